The van der Waals surface area contributed by atoms with Gasteiger partial charge in [-0.25, -0.2) is 0 Å². The second-order valence-electron chi connectivity index (χ2n) is 4.04. The van der Waals surface area contributed by atoms with Gasteiger partial charge in [0.1, 0.15) is 0 Å². The highest BCUT2D eigenvalue weighted by Crippen LogP contribution is 2.34. The summed E-state index contributed by atoms with van der Waals surface area (Å²) < 4.78 is 0. The van der Waals surface area contributed by atoms with E-state index >= 15 is 0 Å². The Kier molecular flexibility index (Phi) is 5.06. The van der Waals surface area contributed by atoms with E-state index < -0.39 is 0 Å². The van der Waals surface area contributed by atoms with E-state index in [4.69, 9.17) is 11.6 Å². The number of hydrogen-bond acceptors (Lipinski definition) is 0. The molecule has 2 atom stereocenters. The Bertz CT molecular complexity index is 112. The molecule has 1 heteroatoms. The molecular weight excluding hydrogens is 168 g/mol. The van der Waals surface area contributed by atoms with Crippen LogP contribution in [0.1, 0.15) is 51.9 Å². The highest BCUT2D eigenvalue weighted by atomic mass is 35.5. The molecule has 72 valence electrons. The normalized spacial score (nSPS) is 30.5. The third kappa shape index (κ3) is 2.97. The average Bonchev–Trinajstić information content (AvgIpc) is 2.15. The predicted molar refractivity (Wildman–Crippen MR) is 55.7 cm³/mol. The molecule has 0 N–H and O–H groups in total. The van der Waals surface area contributed by atoms with Crippen molar-refractivity contribution in [1.82, 2.24) is 0 Å². The van der Waals surface area contributed by atoms with E-state index in [9.17, 15) is 0 Å². The number of rotatable bonds is 4. The smallest absolute Gasteiger partial charge is 0.0223 e. The molecule has 1 aliphatic carbocycles. The van der Waals surface area contributed by atoms with Crippen LogP contribution in [0.15, 0.2) is 0 Å². The Morgan fingerprint density at radius 3 is 2.42 bits per heavy atom. The van der Waals surface area contributed by atoms with Crippen molar-refractivity contribution in [2.75, 3.05) is 5.88 Å². The summed E-state index contributed by atoms with van der Waals surface area (Å²) >= 11 is 5.71. The minimum Gasteiger partial charge on any atom is -0.127 e. The van der Waals surface area contributed by atoms with Crippen LogP contribution < -0.4 is 0 Å². The summed E-state index contributed by atoms with van der Waals surface area (Å²) in [6.45, 7) is 2.34. The van der Waals surface area contributed by atoms with Crippen LogP contribution in [0, 0.1) is 11.8 Å². The van der Waals surface area contributed by atoms with Gasteiger partial charge >= 0.3 is 0 Å². The zero-order valence-electron chi connectivity index (χ0n) is 8.19. The molecule has 0 saturated heterocycles. The molecule has 0 nitrogen and oxygen atoms in total. The summed E-state index contributed by atoms with van der Waals surface area (Å²) in [5.74, 6) is 2.87. The monoisotopic (exact) mass is 188 g/mol. The molecule has 0 spiro atoms. The minimum absolute atomic E-state index is 0.854. The van der Waals surface area contributed by atoms with Gasteiger partial charge in [-0.3, -0.25) is 0 Å². The van der Waals surface area contributed by atoms with Crippen LogP contribution in [-0.2, 0) is 0 Å². The van der Waals surface area contributed by atoms with Gasteiger partial charge in [-0.05, 0) is 24.7 Å². The van der Waals surface area contributed by atoms with E-state index in [1.807, 2.05) is 0 Å². The van der Waals surface area contributed by atoms with E-state index in [0.29, 0.717) is 0 Å². The Morgan fingerprint density at radius 2 is 1.83 bits per heavy atom. The molecule has 0 bridgehead atoms. The first-order valence-corrected chi connectivity index (χ1v) is 5.98. The van der Waals surface area contributed by atoms with Crippen molar-refractivity contribution in [2.45, 2.75) is 51.9 Å². The fraction of sp³-hybridized carbons (Fsp3) is 1.00. The van der Waals surface area contributed by atoms with E-state index in [0.717, 1.165) is 17.7 Å². The Morgan fingerprint density at radius 1 is 1.17 bits per heavy atom. The summed E-state index contributed by atoms with van der Waals surface area (Å²) in [7, 11) is 0. The molecular formula is C11H21Cl. The topological polar surface area (TPSA) is 0 Å². The zero-order valence-corrected chi connectivity index (χ0v) is 8.95. The van der Waals surface area contributed by atoms with Crippen LogP contribution in [0.25, 0.3) is 0 Å². The molecule has 0 aromatic heterocycles. The first kappa shape index (κ1) is 10.4. The number of hydrogen-bond donors (Lipinski definition) is 0. The molecule has 0 aliphatic heterocycles. The summed E-state index contributed by atoms with van der Waals surface area (Å²) in [5.41, 5.74) is 0. The van der Waals surface area contributed by atoms with Crippen molar-refractivity contribution in [3.05, 3.63) is 0 Å². The van der Waals surface area contributed by atoms with Crippen LogP contribution in [0.4, 0.5) is 0 Å². The summed E-state index contributed by atoms with van der Waals surface area (Å²) in [5, 5.41) is 0. The molecule has 0 heterocycles. The van der Waals surface area contributed by atoms with E-state index in [1.54, 1.807) is 0 Å². The summed E-state index contributed by atoms with van der Waals surface area (Å²) in [6, 6.07) is 0. The van der Waals surface area contributed by atoms with Crippen LogP contribution >= 0.6 is 11.6 Å². The minimum atomic E-state index is 0.854. The second-order valence-corrected chi connectivity index (χ2v) is 4.42. The van der Waals surface area contributed by atoms with Crippen LogP contribution in [0.5, 0.6) is 0 Å². The Balaban J connectivity index is 2.26. The Labute approximate surface area is 81.7 Å². The van der Waals surface area contributed by atoms with Gasteiger partial charge in [-0.15, -0.1) is 11.6 Å². The van der Waals surface area contributed by atoms with Crippen molar-refractivity contribution in [3.63, 3.8) is 0 Å². The van der Waals surface area contributed by atoms with Gasteiger partial charge in [-0.2, -0.15) is 0 Å². The average molecular weight is 189 g/mol. The van der Waals surface area contributed by atoms with Gasteiger partial charge < -0.3 is 0 Å². The molecule has 1 saturated carbocycles. The lowest BCUT2D eigenvalue weighted by atomic mass is 9.76. The standard InChI is InChI=1S/C11H21Cl/c1-2-10-6-3-4-7-11(10)8-5-9-12/h10-11H,2-9H2,1H3. The first-order valence-electron chi connectivity index (χ1n) is 5.44. The van der Waals surface area contributed by atoms with Gasteiger partial charge in [0.25, 0.3) is 0 Å². The van der Waals surface area contributed by atoms with Crippen molar-refractivity contribution in [2.24, 2.45) is 11.8 Å². The van der Waals surface area contributed by atoms with E-state index in [2.05, 4.69) is 6.92 Å². The fourth-order valence-electron chi connectivity index (χ4n) is 2.54. The molecule has 1 fully saturated rings. The van der Waals surface area contributed by atoms with Crippen molar-refractivity contribution < 1.29 is 0 Å². The Hall–Kier alpha value is 0.290. The first-order chi connectivity index (χ1) is 5.88. The molecule has 0 radical (unpaired) electrons. The fourth-order valence-corrected chi connectivity index (χ4v) is 2.70. The van der Waals surface area contributed by atoms with Crippen LogP contribution in [0.3, 0.4) is 0 Å². The van der Waals surface area contributed by atoms with Crippen LogP contribution in [-0.4, -0.2) is 5.88 Å². The highest BCUT2D eigenvalue weighted by molar-refractivity contribution is 6.17. The predicted octanol–water partition coefficient (Wildman–Crippen LogP) is 4.22. The largest absolute Gasteiger partial charge is 0.127 e. The molecule has 12 heavy (non-hydrogen) atoms. The molecule has 0 aromatic rings. The third-order valence-electron chi connectivity index (χ3n) is 3.30. The molecule has 1 rings (SSSR count). The number of alkyl halides is 1. The van der Waals surface area contributed by atoms with Gasteiger partial charge in [0.05, 0.1) is 0 Å². The molecule has 0 amide bonds. The van der Waals surface area contributed by atoms with Crippen LogP contribution in [0.2, 0.25) is 0 Å². The van der Waals surface area contributed by atoms with Gasteiger partial charge in [0, 0.05) is 5.88 Å². The van der Waals surface area contributed by atoms with E-state index in [1.165, 1.54) is 44.9 Å². The number of halogens is 1. The maximum absolute atomic E-state index is 5.71. The lowest BCUT2D eigenvalue weighted by molar-refractivity contribution is 0.217. The van der Waals surface area contributed by atoms with Gasteiger partial charge in [0.2, 0.25) is 0 Å². The third-order valence-corrected chi connectivity index (χ3v) is 3.57. The maximum atomic E-state index is 5.71. The summed E-state index contributed by atoms with van der Waals surface area (Å²) in [4.78, 5) is 0. The molecule has 0 aromatic carbocycles. The SMILES string of the molecule is CCC1CCCCC1CCCCl. The summed E-state index contributed by atoms with van der Waals surface area (Å²) in [6.07, 6.45) is 9.86. The van der Waals surface area contributed by atoms with Crippen molar-refractivity contribution >= 4 is 11.6 Å². The lowest BCUT2D eigenvalue weighted by Gasteiger charge is -2.30. The van der Waals surface area contributed by atoms with E-state index in [-0.39, 0.29) is 0 Å². The van der Waals surface area contributed by atoms with Gasteiger partial charge in [0.15, 0.2) is 0 Å². The van der Waals surface area contributed by atoms with Gasteiger partial charge in [-0.1, -0.05) is 39.0 Å². The second kappa shape index (κ2) is 5.85. The molecule has 2 unspecified atom stereocenters. The maximum Gasteiger partial charge on any atom is 0.0223 e. The highest BCUT2D eigenvalue weighted by Gasteiger charge is 2.22. The quantitative estimate of drug-likeness (QED) is 0.580. The van der Waals surface area contributed by atoms with Crippen molar-refractivity contribution in [1.29, 1.82) is 0 Å². The zero-order chi connectivity index (χ0) is 8.81. The lowest BCUT2D eigenvalue weighted by Crippen LogP contribution is -2.18. The molecule has 1 aliphatic rings. The van der Waals surface area contributed by atoms with Crippen molar-refractivity contribution in [3.8, 4) is 0 Å².